The van der Waals surface area contributed by atoms with Crippen molar-refractivity contribution in [2.24, 2.45) is 0 Å². The zero-order valence-electron chi connectivity index (χ0n) is 6.75. The third kappa shape index (κ3) is 3.64. The van der Waals surface area contributed by atoms with E-state index in [-0.39, 0.29) is 6.42 Å². The first-order chi connectivity index (χ1) is 6.18. The quantitative estimate of drug-likeness (QED) is 0.696. The molecule has 0 atom stereocenters. The predicted molar refractivity (Wildman–Crippen MR) is 50.6 cm³/mol. The second-order valence-electron chi connectivity index (χ2n) is 2.38. The van der Waals surface area contributed by atoms with Crippen molar-refractivity contribution in [3.05, 3.63) is 34.9 Å². The van der Waals surface area contributed by atoms with Gasteiger partial charge in [-0.25, -0.2) is 0 Å². The molecule has 2 nitrogen and oxygen atoms in total. The number of carbonyl (C=O) groups is 1. The van der Waals surface area contributed by atoms with Gasteiger partial charge in [-0.1, -0.05) is 23.4 Å². The summed E-state index contributed by atoms with van der Waals surface area (Å²) >= 11 is 5.65. The summed E-state index contributed by atoms with van der Waals surface area (Å²) in [7, 11) is 0. The van der Waals surface area contributed by atoms with Crippen molar-refractivity contribution in [3.8, 4) is 11.8 Å². The van der Waals surface area contributed by atoms with E-state index in [4.69, 9.17) is 16.7 Å². The zero-order chi connectivity index (χ0) is 9.68. The first-order valence-corrected chi connectivity index (χ1v) is 4.02. The molecule has 1 rings (SSSR count). The Bertz CT molecular complexity index is 357. The largest absolute Gasteiger partial charge is 0.481 e. The molecule has 0 amide bonds. The lowest BCUT2D eigenvalue weighted by Crippen LogP contribution is -1.90. The molecule has 66 valence electrons. The number of halogens is 1. The van der Waals surface area contributed by atoms with Crippen LogP contribution in [0.15, 0.2) is 24.3 Å². The van der Waals surface area contributed by atoms with Crippen LogP contribution in [0.4, 0.5) is 0 Å². The van der Waals surface area contributed by atoms with Gasteiger partial charge in [0.25, 0.3) is 0 Å². The third-order valence-corrected chi connectivity index (χ3v) is 1.57. The second-order valence-corrected chi connectivity index (χ2v) is 2.82. The summed E-state index contributed by atoms with van der Waals surface area (Å²) in [5.41, 5.74) is 0.769. The van der Waals surface area contributed by atoms with Crippen molar-refractivity contribution in [2.75, 3.05) is 0 Å². The maximum Gasteiger partial charge on any atom is 0.315 e. The maximum atomic E-state index is 10.1. The molecule has 0 saturated carbocycles. The van der Waals surface area contributed by atoms with Crippen LogP contribution in [-0.4, -0.2) is 11.1 Å². The number of aliphatic carboxylic acids is 1. The van der Waals surface area contributed by atoms with E-state index in [1.54, 1.807) is 24.3 Å². The van der Waals surface area contributed by atoms with Gasteiger partial charge < -0.3 is 5.11 Å². The fourth-order valence-electron chi connectivity index (χ4n) is 0.755. The molecule has 1 aromatic rings. The highest BCUT2D eigenvalue weighted by atomic mass is 35.5. The minimum Gasteiger partial charge on any atom is -0.481 e. The van der Waals surface area contributed by atoms with Gasteiger partial charge in [-0.3, -0.25) is 4.79 Å². The van der Waals surface area contributed by atoms with Crippen molar-refractivity contribution in [3.63, 3.8) is 0 Å². The van der Waals surface area contributed by atoms with E-state index in [2.05, 4.69) is 11.8 Å². The van der Waals surface area contributed by atoms with Crippen LogP contribution in [0, 0.1) is 11.8 Å². The van der Waals surface area contributed by atoms with Crippen molar-refractivity contribution in [1.82, 2.24) is 0 Å². The molecular formula is C10H7ClO2. The van der Waals surface area contributed by atoms with E-state index in [1.807, 2.05) is 0 Å². The Morgan fingerprint density at radius 2 is 2.00 bits per heavy atom. The van der Waals surface area contributed by atoms with E-state index in [9.17, 15) is 4.79 Å². The summed E-state index contributed by atoms with van der Waals surface area (Å²) in [6.45, 7) is 0. The molecule has 3 heteroatoms. The van der Waals surface area contributed by atoms with E-state index < -0.39 is 5.97 Å². The number of carboxylic acids is 1. The summed E-state index contributed by atoms with van der Waals surface area (Å²) in [6, 6.07) is 6.92. The Kier molecular flexibility index (Phi) is 3.36. The minimum absolute atomic E-state index is 0.136. The van der Waals surface area contributed by atoms with Gasteiger partial charge in [-0.05, 0) is 24.3 Å². The highest BCUT2D eigenvalue weighted by Crippen LogP contribution is 2.08. The van der Waals surface area contributed by atoms with E-state index in [0.29, 0.717) is 5.02 Å². The van der Waals surface area contributed by atoms with Crippen LogP contribution in [0.2, 0.25) is 5.02 Å². The van der Waals surface area contributed by atoms with Crippen molar-refractivity contribution < 1.29 is 9.90 Å². The summed E-state index contributed by atoms with van der Waals surface area (Å²) < 4.78 is 0. The van der Waals surface area contributed by atoms with Crippen LogP contribution in [0.25, 0.3) is 0 Å². The van der Waals surface area contributed by atoms with Gasteiger partial charge in [-0.15, -0.1) is 0 Å². The van der Waals surface area contributed by atoms with Crippen LogP contribution >= 0.6 is 11.6 Å². The smallest absolute Gasteiger partial charge is 0.315 e. The molecule has 0 bridgehead atoms. The lowest BCUT2D eigenvalue weighted by atomic mass is 10.2. The molecule has 0 heterocycles. The first kappa shape index (κ1) is 9.63. The van der Waals surface area contributed by atoms with Crippen LogP contribution < -0.4 is 0 Å². The van der Waals surface area contributed by atoms with Gasteiger partial charge in [0, 0.05) is 10.6 Å². The summed E-state index contributed by atoms with van der Waals surface area (Å²) in [4.78, 5) is 10.1. The van der Waals surface area contributed by atoms with Gasteiger partial charge in [-0.2, -0.15) is 0 Å². The van der Waals surface area contributed by atoms with E-state index >= 15 is 0 Å². The molecule has 1 N–H and O–H groups in total. The van der Waals surface area contributed by atoms with Crippen LogP contribution in [0.5, 0.6) is 0 Å². The SMILES string of the molecule is O=C(O)CC#Cc1ccc(Cl)cc1. The molecular weight excluding hydrogens is 188 g/mol. The predicted octanol–water partition coefficient (Wildman–Crippen LogP) is 2.17. The van der Waals surface area contributed by atoms with Gasteiger partial charge in [0.2, 0.25) is 0 Å². The number of rotatable bonds is 1. The summed E-state index contributed by atoms with van der Waals surface area (Å²) in [5, 5.41) is 8.95. The highest BCUT2D eigenvalue weighted by Gasteiger charge is 1.89. The Balaban J connectivity index is 2.67. The van der Waals surface area contributed by atoms with Gasteiger partial charge in [0.1, 0.15) is 6.42 Å². The molecule has 0 aliphatic rings. The van der Waals surface area contributed by atoms with Crippen molar-refractivity contribution in [2.45, 2.75) is 6.42 Å². The number of benzene rings is 1. The summed E-state index contributed by atoms with van der Waals surface area (Å²) in [5.74, 6) is 4.33. The Labute approximate surface area is 81.1 Å². The first-order valence-electron chi connectivity index (χ1n) is 3.65. The molecule has 1 aromatic carbocycles. The molecule has 0 aromatic heterocycles. The monoisotopic (exact) mass is 194 g/mol. The van der Waals surface area contributed by atoms with Crippen LogP contribution in [0.1, 0.15) is 12.0 Å². The molecule has 0 saturated heterocycles. The lowest BCUT2D eigenvalue weighted by molar-refractivity contribution is -0.135. The van der Waals surface area contributed by atoms with E-state index in [1.165, 1.54) is 0 Å². The van der Waals surface area contributed by atoms with Gasteiger partial charge >= 0.3 is 5.97 Å². The zero-order valence-corrected chi connectivity index (χ0v) is 7.51. The van der Waals surface area contributed by atoms with Crippen molar-refractivity contribution >= 4 is 17.6 Å². The number of hydrogen-bond acceptors (Lipinski definition) is 1. The highest BCUT2D eigenvalue weighted by molar-refractivity contribution is 6.30. The maximum absolute atomic E-state index is 10.1. The second kappa shape index (κ2) is 4.54. The Morgan fingerprint density at radius 3 is 2.54 bits per heavy atom. The molecule has 0 fully saturated rings. The standard InChI is InChI=1S/C10H7ClO2/c11-9-6-4-8(5-7-9)2-1-3-10(12)13/h4-7H,3H2,(H,12,13). The third-order valence-electron chi connectivity index (χ3n) is 1.32. The van der Waals surface area contributed by atoms with Gasteiger partial charge in [0.05, 0.1) is 0 Å². The normalized spacial score (nSPS) is 8.69. The topological polar surface area (TPSA) is 37.3 Å². The van der Waals surface area contributed by atoms with Gasteiger partial charge in [0.15, 0.2) is 0 Å². The molecule has 0 aliphatic heterocycles. The minimum atomic E-state index is -0.915. The van der Waals surface area contributed by atoms with Crippen molar-refractivity contribution in [1.29, 1.82) is 0 Å². The number of hydrogen-bond donors (Lipinski definition) is 1. The van der Waals surface area contributed by atoms with Crippen LogP contribution in [0.3, 0.4) is 0 Å². The molecule has 0 spiro atoms. The number of carboxylic acid groups (broad SMARTS) is 1. The van der Waals surface area contributed by atoms with E-state index in [0.717, 1.165) is 5.56 Å². The van der Waals surface area contributed by atoms with Crippen LogP contribution in [-0.2, 0) is 4.79 Å². The molecule has 0 aliphatic carbocycles. The summed E-state index contributed by atoms with van der Waals surface area (Å²) in [6.07, 6.45) is -0.136. The molecule has 0 radical (unpaired) electrons. The molecule has 0 unspecified atom stereocenters. The Hall–Kier alpha value is -1.46. The average molecular weight is 195 g/mol. The Morgan fingerprint density at radius 1 is 1.38 bits per heavy atom. The average Bonchev–Trinajstić information content (AvgIpc) is 2.08. The lowest BCUT2D eigenvalue weighted by Gasteiger charge is -1.89. The fourth-order valence-corrected chi connectivity index (χ4v) is 0.881. The fraction of sp³-hybridized carbons (Fsp3) is 0.100. The molecule has 13 heavy (non-hydrogen) atoms.